The minimum Gasteiger partial charge on any atom is -0.324 e. The number of nitrogens with one attached hydrogen (secondary N) is 1. The van der Waals surface area contributed by atoms with E-state index in [-0.39, 0.29) is 10.6 Å². The van der Waals surface area contributed by atoms with Crippen molar-refractivity contribution >= 4 is 50.6 Å². The van der Waals surface area contributed by atoms with Crippen LogP contribution in [0, 0.1) is 10.1 Å². The number of benzene rings is 2. The molecule has 2 aromatic carbocycles. The smallest absolute Gasteiger partial charge is 0.324 e. The van der Waals surface area contributed by atoms with Gasteiger partial charge in [0.1, 0.15) is 10.6 Å². The van der Waals surface area contributed by atoms with Gasteiger partial charge in [0.2, 0.25) is 5.91 Å². The summed E-state index contributed by atoms with van der Waals surface area (Å²) < 4.78 is 62.9. The first-order chi connectivity index (χ1) is 13.4. The van der Waals surface area contributed by atoms with E-state index in [1.165, 1.54) is 36.0 Å². The van der Waals surface area contributed by atoms with Crippen LogP contribution in [0.5, 0.6) is 0 Å². The van der Waals surface area contributed by atoms with Gasteiger partial charge in [0.25, 0.3) is 5.69 Å². The summed E-state index contributed by atoms with van der Waals surface area (Å²) in [4.78, 5) is 22.0. The third kappa shape index (κ3) is 6.37. The van der Waals surface area contributed by atoms with Crippen LogP contribution < -0.4 is 5.32 Å². The number of halogens is 3. The van der Waals surface area contributed by atoms with Gasteiger partial charge in [-0.3, -0.25) is 14.9 Å². The van der Waals surface area contributed by atoms with Gasteiger partial charge in [-0.15, -0.1) is 11.8 Å². The lowest BCUT2D eigenvalue weighted by atomic mass is 10.3. The van der Waals surface area contributed by atoms with E-state index >= 15 is 0 Å². The zero-order valence-electron chi connectivity index (χ0n) is 14.6. The number of sulfone groups is 1. The van der Waals surface area contributed by atoms with Crippen LogP contribution in [0.15, 0.2) is 57.2 Å². The molecule has 2 aromatic rings. The van der Waals surface area contributed by atoms with Gasteiger partial charge in [0.05, 0.1) is 10.6 Å². The number of rotatable bonds is 7. The van der Waals surface area contributed by atoms with E-state index in [1.807, 2.05) is 0 Å². The van der Waals surface area contributed by atoms with E-state index in [4.69, 9.17) is 0 Å². The summed E-state index contributed by atoms with van der Waals surface area (Å²) in [5.41, 5.74) is -5.51. The van der Waals surface area contributed by atoms with Crippen molar-refractivity contribution in [1.82, 2.24) is 0 Å². The van der Waals surface area contributed by atoms with Crippen LogP contribution in [-0.2, 0) is 14.6 Å². The highest BCUT2D eigenvalue weighted by Gasteiger charge is 2.32. The Morgan fingerprint density at radius 2 is 1.86 bits per heavy atom. The standard InChI is InChI=1S/C16H13F3N2O5S3/c1-27-10-6-7-14(12(8-10)21(23)24)29(25,26)9-15(22)20-11-4-2-3-5-13(11)28-16(17,18)19/h2-8H,9H2,1H3,(H,20,22). The summed E-state index contributed by atoms with van der Waals surface area (Å²) in [6.07, 6.45) is 1.65. The number of amides is 1. The number of thioether (sulfide) groups is 2. The van der Waals surface area contributed by atoms with Crippen LogP contribution in [0.25, 0.3) is 0 Å². The molecule has 0 aromatic heterocycles. The highest BCUT2D eigenvalue weighted by atomic mass is 32.2. The maximum absolute atomic E-state index is 12.6. The summed E-state index contributed by atoms with van der Waals surface area (Å²) in [6, 6.07) is 8.47. The zero-order chi connectivity index (χ0) is 21.8. The van der Waals surface area contributed by atoms with Gasteiger partial charge >= 0.3 is 5.51 Å². The van der Waals surface area contributed by atoms with Crippen molar-refractivity contribution in [3.8, 4) is 0 Å². The minimum atomic E-state index is -4.60. The van der Waals surface area contributed by atoms with Crippen molar-refractivity contribution in [2.24, 2.45) is 0 Å². The van der Waals surface area contributed by atoms with Crippen LogP contribution in [-0.4, -0.2) is 36.8 Å². The molecule has 0 saturated carbocycles. The summed E-state index contributed by atoms with van der Waals surface area (Å²) in [6.45, 7) is 0. The number of carbonyl (C=O) groups excluding carboxylic acids is 1. The molecular formula is C16H13F3N2O5S3. The molecule has 0 aliphatic rings. The fourth-order valence-electron chi connectivity index (χ4n) is 2.25. The lowest BCUT2D eigenvalue weighted by molar-refractivity contribution is -0.388. The molecule has 0 heterocycles. The van der Waals surface area contributed by atoms with Gasteiger partial charge in [0, 0.05) is 15.9 Å². The first-order valence-corrected chi connectivity index (χ1v) is 11.3. The van der Waals surface area contributed by atoms with Crippen molar-refractivity contribution in [3.05, 3.63) is 52.6 Å². The third-order valence-electron chi connectivity index (χ3n) is 3.41. The van der Waals surface area contributed by atoms with Crippen LogP contribution in [0.1, 0.15) is 0 Å². The van der Waals surface area contributed by atoms with Crippen LogP contribution in [0.2, 0.25) is 0 Å². The molecule has 0 aliphatic heterocycles. The summed E-state index contributed by atoms with van der Waals surface area (Å²) >= 11 is 0.707. The quantitative estimate of drug-likeness (QED) is 0.367. The van der Waals surface area contributed by atoms with Crippen LogP contribution >= 0.6 is 23.5 Å². The van der Waals surface area contributed by atoms with Crippen LogP contribution in [0.4, 0.5) is 24.5 Å². The average Bonchev–Trinajstić information content (AvgIpc) is 2.61. The number of alkyl halides is 3. The third-order valence-corrected chi connectivity index (χ3v) is 6.60. The average molecular weight is 466 g/mol. The maximum atomic E-state index is 12.6. The SMILES string of the molecule is CSc1ccc(S(=O)(=O)CC(=O)Nc2ccccc2SC(F)(F)F)c([N+](=O)[O-])c1. The summed E-state index contributed by atoms with van der Waals surface area (Å²) in [5, 5.41) is 13.3. The van der Waals surface area contributed by atoms with Gasteiger partial charge < -0.3 is 5.32 Å². The van der Waals surface area contributed by atoms with E-state index in [9.17, 15) is 36.5 Å². The topological polar surface area (TPSA) is 106 Å². The lowest BCUT2D eigenvalue weighted by Gasteiger charge is -2.12. The highest BCUT2D eigenvalue weighted by molar-refractivity contribution is 8.00. The summed E-state index contributed by atoms with van der Waals surface area (Å²) in [5.74, 6) is -2.29. The molecule has 0 radical (unpaired) electrons. The normalized spacial score (nSPS) is 11.9. The molecule has 1 amide bonds. The second-order valence-electron chi connectivity index (χ2n) is 5.44. The number of nitrogens with zero attached hydrogens (tertiary/aromatic N) is 1. The monoisotopic (exact) mass is 466 g/mol. The molecule has 1 N–H and O–H groups in total. The number of carbonyl (C=O) groups is 1. The van der Waals surface area contributed by atoms with Gasteiger partial charge in [-0.05, 0) is 42.3 Å². The molecule has 0 atom stereocenters. The fourth-order valence-corrected chi connectivity index (χ4v) is 4.61. The number of anilines is 1. The molecule has 7 nitrogen and oxygen atoms in total. The molecule has 2 rings (SSSR count). The number of nitro groups is 1. The zero-order valence-corrected chi connectivity index (χ0v) is 17.0. The minimum absolute atomic E-state index is 0.220. The number of para-hydroxylation sites is 1. The van der Waals surface area contributed by atoms with Gasteiger partial charge in [-0.2, -0.15) is 13.2 Å². The Labute approximate surface area is 172 Å². The van der Waals surface area contributed by atoms with Crippen LogP contribution in [0.3, 0.4) is 0 Å². The van der Waals surface area contributed by atoms with E-state index in [1.54, 1.807) is 6.26 Å². The Morgan fingerprint density at radius 3 is 2.45 bits per heavy atom. The first kappa shape index (κ1) is 23.0. The lowest BCUT2D eigenvalue weighted by Crippen LogP contribution is -2.24. The second kappa shape index (κ2) is 9.05. The molecular weight excluding hydrogens is 453 g/mol. The number of nitro benzene ring substituents is 1. The van der Waals surface area contributed by atoms with Crippen molar-refractivity contribution in [2.75, 3.05) is 17.3 Å². The predicted octanol–water partition coefficient (Wildman–Crippen LogP) is 4.34. The van der Waals surface area contributed by atoms with Gasteiger partial charge in [0.15, 0.2) is 9.84 Å². The van der Waals surface area contributed by atoms with E-state index in [2.05, 4.69) is 5.32 Å². The Hall–Kier alpha value is -2.25. The highest BCUT2D eigenvalue weighted by Crippen LogP contribution is 2.40. The maximum Gasteiger partial charge on any atom is 0.446 e. The predicted molar refractivity (Wildman–Crippen MR) is 104 cm³/mol. The van der Waals surface area contributed by atoms with E-state index in [0.29, 0.717) is 4.90 Å². The Kier molecular flexibility index (Phi) is 7.19. The Balaban J connectivity index is 2.27. The van der Waals surface area contributed by atoms with Crippen molar-refractivity contribution in [2.45, 2.75) is 20.2 Å². The molecule has 156 valence electrons. The molecule has 29 heavy (non-hydrogen) atoms. The molecule has 0 aliphatic carbocycles. The van der Waals surface area contributed by atoms with Gasteiger partial charge in [-0.25, -0.2) is 8.42 Å². The summed E-state index contributed by atoms with van der Waals surface area (Å²) in [7, 11) is -4.42. The molecule has 13 heteroatoms. The molecule has 0 spiro atoms. The molecule has 0 saturated heterocycles. The second-order valence-corrected chi connectivity index (χ2v) is 9.39. The van der Waals surface area contributed by atoms with Crippen molar-refractivity contribution in [1.29, 1.82) is 0 Å². The van der Waals surface area contributed by atoms with E-state index < -0.39 is 54.3 Å². The van der Waals surface area contributed by atoms with Gasteiger partial charge in [-0.1, -0.05) is 12.1 Å². The molecule has 0 fully saturated rings. The first-order valence-electron chi connectivity index (χ1n) is 7.63. The largest absolute Gasteiger partial charge is 0.446 e. The Bertz CT molecular complexity index is 1040. The van der Waals surface area contributed by atoms with E-state index in [0.717, 1.165) is 18.2 Å². The van der Waals surface area contributed by atoms with Crippen molar-refractivity contribution < 1.29 is 31.3 Å². The van der Waals surface area contributed by atoms with Crippen molar-refractivity contribution in [3.63, 3.8) is 0 Å². The number of hydrogen-bond donors (Lipinski definition) is 1. The Morgan fingerprint density at radius 1 is 1.21 bits per heavy atom. The number of hydrogen-bond acceptors (Lipinski definition) is 7. The fraction of sp³-hybridized carbons (Fsp3) is 0.188. The molecule has 0 bridgehead atoms. The molecule has 0 unspecified atom stereocenters.